The number of hydrogen-bond donors (Lipinski definition) is 1. The number of morpholine rings is 1. The van der Waals surface area contributed by atoms with Crippen LogP contribution >= 0.6 is 0 Å². The Kier molecular flexibility index (Phi) is 6.33. The summed E-state index contributed by atoms with van der Waals surface area (Å²) in [5, 5.41) is 2.84. The summed E-state index contributed by atoms with van der Waals surface area (Å²) < 4.78 is 37.7. The van der Waals surface area contributed by atoms with Gasteiger partial charge in [0.15, 0.2) is 0 Å². The Labute approximate surface area is 176 Å². The van der Waals surface area contributed by atoms with Gasteiger partial charge in [0.25, 0.3) is 0 Å². The summed E-state index contributed by atoms with van der Waals surface area (Å²) in [5.74, 6) is 0.704. The van der Waals surface area contributed by atoms with Gasteiger partial charge in [-0.1, -0.05) is 18.2 Å². The van der Waals surface area contributed by atoms with Crippen LogP contribution in [-0.2, 0) is 26.1 Å². The van der Waals surface area contributed by atoms with Crippen LogP contribution in [0.3, 0.4) is 0 Å². The molecule has 160 valence electrons. The second kappa shape index (κ2) is 9.13. The molecule has 0 unspecified atom stereocenters. The lowest BCUT2D eigenvalue weighted by Crippen LogP contribution is -2.40. The number of amides is 1. The van der Waals surface area contributed by atoms with Crippen LogP contribution in [0.25, 0.3) is 0 Å². The fraction of sp³-hybridized carbons (Fsp3) is 0.381. The van der Waals surface area contributed by atoms with E-state index >= 15 is 0 Å². The van der Waals surface area contributed by atoms with Crippen molar-refractivity contribution < 1.29 is 22.7 Å². The van der Waals surface area contributed by atoms with Gasteiger partial charge in [-0.05, 0) is 30.3 Å². The highest BCUT2D eigenvalue weighted by Crippen LogP contribution is 2.23. The van der Waals surface area contributed by atoms with Crippen molar-refractivity contribution in [1.29, 1.82) is 0 Å². The van der Waals surface area contributed by atoms with Gasteiger partial charge in [0.05, 0.1) is 24.7 Å². The van der Waals surface area contributed by atoms with Crippen LogP contribution in [0.2, 0.25) is 0 Å². The number of benzene rings is 2. The van der Waals surface area contributed by atoms with E-state index in [1.165, 1.54) is 16.4 Å². The first-order chi connectivity index (χ1) is 14.5. The molecule has 1 fully saturated rings. The summed E-state index contributed by atoms with van der Waals surface area (Å²) in [6.45, 7) is 3.55. The van der Waals surface area contributed by atoms with Gasteiger partial charge in [-0.2, -0.15) is 4.31 Å². The number of nitrogens with one attached hydrogen (secondary N) is 1. The number of carbonyl (C=O) groups excluding carboxylic acids is 1. The summed E-state index contributed by atoms with van der Waals surface area (Å²) in [6, 6.07) is 14.1. The number of sulfonamides is 1. The summed E-state index contributed by atoms with van der Waals surface area (Å²) in [4.78, 5) is 14.7. The summed E-state index contributed by atoms with van der Waals surface area (Å²) in [5.41, 5.74) is 1.62. The fourth-order valence-electron chi connectivity index (χ4n) is 3.56. The van der Waals surface area contributed by atoms with Crippen molar-refractivity contribution in [1.82, 2.24) is 9.21 Å². The standard InChI is InChI=1S/C21H25N3O5S/c25-21(16-23-9-14-29-20-4-2-1-3-17(20)15-23)22-18-5-7-19(8-6-18)30(26,27)24-10-12-28-13-11-24/h1-8H,9-16H2,(H,22,25). The lowest BCUT2D eigenvalue weighted by molar-refractivity contribution is -0.117. The number of rotatable bonds is 5. The van der Waals surface area contributed by atoms with E-state index in [0.29, 0.717) is 51.7 Å². The van der Waals surface area contributed by atoms with Crippen LogP contribution in [0, 0.1) is 0 Å². The molecule has 0 saturated carbocycles. The molecule has 1 saturated heterocycles. The van der Waals surface area contributed by atoms with Crippen LogP contribution in [-0.4, -0.2) is 69.5 Å². The average molecular weight is 432 g/mol. The monoisotopic (exact) mass is 431 g/mol. The predicted octanol–water partition coefficient (Wildman–Crippen LogP) is 1.54. The van der Waals surface area contributed by atoms with Crippen LogP contribution < -0.4 is 10.1 Å². The first-order valence-corrected chi connectivity index (χ1v) is 11.4. The molecule has 4 rings (SSSR count). The van der Waals surface area contributed by atoms with E-state index in [1.54, 1.807) is 12.1 Å². The number of para-hydroxylation sites is 1. The predicted molar refractivity (Wildman–Crippen MR) is 112 cm³/mol. The van der Waals surface area contributed by atoms with Crippen molar-refractivity contribution in [2.24, 2.45) is 0 Å². The first kappa shape index (κ1) is 20.8. The fourth-order valence-corrected chi connectivity index (χ4v) is 4.97. The van der Waals surface area contributed by atoms with Gasteiger partial charge in [0.2, 0.25) is 15.9 Å². The Bertz CT molecular complexity index is 988. The molecule has 0 radical (unpaired) electrons. The Morgan fingerprint density at radius 1 is 0.967 bits per heavy atom. The van der Waals surface area contributed by atoms with Gasteiger partial charge in [0, 0.05) is 37.4 Å². The molecular weight excluding hydrogens is 406 g/mol. The Morgan fingerprint density at radius 3 is 2.47 bits per heavy atom. The molecule has 2 heterocycles. The number of nitrogens with zero attached hydrogens (tertiary/aromatic N) is 2. The minimum atomic E-state index is -3.54. The maximum absolute atomic E-state index is 12.7. The number of ether oxygens (including phenoxy) is 2. The molecule has 2 aliphatic heterocycles. The highest BCUT2D eigenvalue weighted by Gasteiger charge is 2.26. The molecule has 0 bridgehead atoms. The number of fused-ring (bicyclic) bond motifs is 1. The van der Waals surface area contributed by atoms with E-state index in [9.17, 15) is 13.2 Å². The minimum Gasteiger partial charge on any atom is -0.492 e. The third kappa shape index (κ3) is 4.81. The van der Waals surface area contributed by atoms with E-state index in [-0.39, 0.29) is 17.3 Å². The molecule has 2 aromatic carbocycles. The molecule has 1 N–H and O–H groups in total. The van der Waals surface area contributed by atoms with E-state index in [0.717, 1.165) is 11.3 Å². The summed E-state index contributed by atoms with van der Waals surface area (Å²) in [6.07, 6.45) is 0. The SMILES string of the molecule is O=C(CN1CCOc2ccccc2C1)Nc1ccc(S(=O)(=O)N2CCOCC2)cc1. The van der Waals surface area contributed by atoms with Crippen LogP contribution in [0.5, 0.6) is 5.75 Å². The molecule has 0 aliphatic carbocycles. The van der Waals surface area contributed by atoms with E-state index in [1.807, 2.05) is 29.2 Å². The average Bonchev–Trinajstić information content (AvgIpc) is 2.96. The molecule has 30 heavy (non-hydrogen) atoms. The van der Waals surface area contributed by atoms with Crippen molar-refractivity contribution in [3.05, 3.63) is 54.1 Å². The van der Waals surface area contributed by atoms with Crippen LogP contribution in [0.1, 0.15) is 5.56 Å². The van der Waals surface area contributed by atoms with E-state index < -0.39 is 10.0 Å². The zero-order valence-corrected chi connectivity index (χ0v) is 17.4. The lowest BCUT2D eigenvalue weighted by atomic mass is 10.2. The smallest absolute Gasteiger partial charge is 0.243 e. The largest absolute Gasteiger partial charge is 0.492 e. The topological polar surface area (TPSA) is 88.2 Å². The molecule has 0 aromatic heterocycles. The van der Waals surface area contributed by atoms with E-state index in [2.05, 4.69) is 5.32 Å². The third-order valence-electron chi connectivity index (χ3n) is 5.14. The Balaban J connectivity index is 1.36. The first-order valence-electron chi connectivity index (χ1n) is 9.93. The second-order valence-electron chi connectivity index (χ2n) is 7.26. The Hall–Kier alpha value is -2.46. The zero-order chi connectivity index (χ0) is 21.0. The Morgan fingerprint density at radius 2 is 1.70 bits per heavy atom. The molecule has 0 atom stereocenters. The molecule has 8 nitrogen and oxygen atoms in total. The van der Waals surface area contributed by atoms with Gasteiger partial charge in [-0.15, -0.1) is 0 Å². The quantitative estimate of drug-likeness (QED) is 0.773. The zero-order valence-electron chi connectivity index (χ0n) is 16.6. The highest BCUT2D eigenvalue weighted by molar-refractivity contribution is 7.89. The molecule has 2 aliphatic rings. The van der Waals surface area contributed by atoms with Crippen molar-refractivity contribution in [3.8, 4) is 5.75 Å². The number of hydrogen-bond acceptors (Lipinski definition) is 6. The number of anilines is 1. The van der Waals surface area contributed by atoms with Crippen LogP contribution in [0.15, 0.2) is 53.4 Å². The van der Waals surface area contributed by atoms with Gasteiger partial charge >= 0.3 is 0 Å². The van der Waals surface area contributed by atoms with Crippen molar-refractivity contribution in [2.75, 3.05) is 51.3 Å². The number of carbonyl (C=O) groups is 1. The van der Waals surface area contributed by atoms with Crippen molar-refractivity contribution >= 4 is 21.6 Å². The maximum atomic E-state index is 12.7. The van der Waals surface area contributed by atoms with Gasteiger partial charge in [0.1, 0.15) is 12.4 Å². The third-order valence-corrected chi connectivity index (χ3v) is 7.06. The maximum Gasteiger partial charge on any atom is 0.243 e. The molecule has 2 aromatic rings. The normalized spacial score (nSPS) is 18.1. The summed E-state index contributed by atoms with van der Waals surface area (Å²) >= 11 is 0. The molecule has 1 amide bonds. The van der Waals surface area contributed by atoms with Crippen molar-refractivity contribution in [2.45, 2.75) is 11.4 Å². The molecular formula is C21H25N3O5S. The highest BCUT2D eigenvalue weighted by atomic mass is 32.2. The second-order valence-corrected chi connectivity index (χ2v) is 9.19. The van der Waals surface area contributed by atoms with Gasteiger partial charge < -0.3 is 14.8 Å². The van der Waals surface area contributed by atoms with Gasteiger partial charge in [-0.25, -0.2) is 8.42 Å². The molecule has 9 heteroatoms. The van der Waals surface area contributed by atoms with Crippen molar-refractivity contribution in [3.63, 3.8) is 0 Å². The van der Waals surface area contributed by atoms with E-state index in [4.69, 9.17) is 9.47 Å². The summed E-state index contributed by atoms with van der Waals surface area (Å²) in [7, 11) is -3.54. The minimum absolute atomic E-state index is 0.154. The lowest BCUT2D eigenvalue weighted by Gasteiger charge is -2.26. The van der Waals surface area contributed by atoms with Gasteiger partial charge in [-0.3, -0.25) is 9.69 Å². The van der Waals surface area contributed by atoms with Crippen LogP contribution in [0.4, 0.5) is 5.69 Å². The molecule has 0 spiro atoms.